The molecule has 0 fully saturated rings. The van der Waals surface area contributed by atoms with Crippen LogP contribution in [0.1, 0.15) is 44.7 Å². The second kappa shape index (κ2) is 5.01. The molecule has 2 rings (SSSR count). The summed E-state index contributed by atoms with van der Waals surface area (Å²) >= 11 is 0. The predicted octanol–water partition coefficient (Wildman–Crippen LogP) is 4.26. The van der Waals surface area contributed by atoms with E-state index in [1.165, 1.54) is 28.7 Å². The predicted molar refractivity (Wildman–Crippen MR) is 79.5 cm³/mol. The number of hydrogen-bond donors (Lipinski definition) is 1. The van der Waals surface area contributed by atoms with Crippen LogP contribution in [0.3, 0.4) is 0 Å². The van der Waals surface area contributed by atoms with Crippen molar-refractivity contribution in [3.8, 4) is 0 Å². The monoisotopic (exact) mass is 241 g/mol. The van der Waals surface area contributed by atoms with Gasteiger partial charge in [-0.1, -0.05) is 57.5 Å². The smallest absolute Gasteiger partial charge is 0.0172 e. The Balaban J connectivity index is 2.60. The second-order valence-electron chi connectivity index (χ2n) is 5.42. The van der Waals surface area contributed by atoms with Crippen LogP contribution in [0.4, 0.5) is 0 Å². The van der Waals surface area contributed by atoms with Crippen LogP contribution in [0.25, 0.3) is 5.57 Å². The fraction of sp³-hybridized carbons (Fsp3) is 0.412. The third kappa shape index (κ3) is 1.98. The zero-order chi connectivity index (χ0) is 13.2. The summed E-state index contributed by atoms with van der Waals surface area (Å²) in [7, 11) is 1.98. The number of unbranched alkanes of at least 4 members (excludes halogenated alkanes) is 1. The number of allylic oxidation sites excluding steroid dienone is 3. The van der Waals surface area contributed by atoms with Gasteiger partial charge in [0.25, 0.3) is 0 Å². The Hall–Kier alpha value is -1.50. The topological polar surface area (TPSA) is 12.0 Å². The maximum atomic E-state index is 3.20. The molecule has 0 heterocycles. The summed E-state index contributed by atoms with van der Waals surface area (Å²) in [5.74, 6) is 0. The average molecular weight is 241 g/mol. The van der Waals surface area contributed by atoms with Crippen molar-refractivity contribution in [1.82, 2.24) is 5.32 Å². The largest absolute Gasteiger partial charge is 0.394 e. The van der Waals surface area contributed by atoms with Crippen LogP contribution in [0, 0.1) is 0 Å². The summed E-state index contributed by atoms with van der Waals surface area (Å²) in [5, 5.41) is 3.20. The van der Waals surface area contributed by atoms with Gasteiger partial charge in [-0.15, -0.1) is 0 Å². The molecule has 0 amide bonds. The highest BCUT2D eigenvalue weighted by Crippen LogP contribution is 2.49. The molecule has 1 nitrogen and oxygen atoms in total. The quantitative estimate of drug-likeness (QED) is 0.833. The van der Waals surface area contributed by atoms with Crippen LogP contribution in [0.5, 0.6) is 0 Å². The van der Waals surface area contributed by atoms with Crippen LogP contribution in [0.15, 0.2) is 42.1 Å². The van der Waals surface area contributed by atoms with E-state index in [1.807, 2.05) is 7.05 Å². The normalized spacial score (nSPS) is 21.3. The van der Waals surface area contributed by atoms with E-state index in [-0.39, 0.29) is 5.41 Å². The first-order valence-electron chi connectivity index (χ1n) is 6.81. The van der Waals surface area contributed by atoms with Crippen molar-refractivity contribution in [2.75, 3.05) is 7.05 Å². The average Bonchev–Trinajstić information content (AvgIpc) is 2.58. The summed E-state index contributed by atoms with van der Waals surface area (Å²) in [6.45, 7) is 6.84. The van der Waals surface area contributed by atoms with Crippen LogP contribution in [-0.2, 0) is 5.41 Å². The van der Waals surface area contributed by atoms with E-state index in [0.29, 0.717) is 0 Å². The molecule has 1 N–H and O–H groups in total. The van der Waals surface area contributed by atoms with Crippen molar-refractivity contribution < 1.29 is 0 Å². The summed E-state index contributed by atoms with van der Waals surface area (Å²) in [6.07, 6.45) is 6.87. The molecule has 0 unspecified atom stereocenters. The molecular formula is C17H23N. The number of hydrogen-bond acceptors (Lipinski definition) is 1. The first-order chi connectivity index (χ1) is 8.62. The molecule has 1 aromatic carbocycles. The van der Waals surface area contributed by atoms with Gasteiger partial charge >= 0.3 is 0 Å². The molecule has 0 bridgehead atoms. The molecule has 0 atom stereocenters. The molecule has 18 heavy (non-hydrogen) atoms. The zero-order valence-electron chi connectivity index (χ0n) is 11.9. The van der Waals surface area contributed by atoms with Crippen LogP contribution in [0.2, 0.25) is 0 Å². The van der Waals surface area contributed by atoms with Crippen LogP contribution >= 0.6 is 0 Å². The molecular weight excluding hydrogens is 218 g/mol. The highest BCUT2D eigenvalue weighted by Gasteiger charge is 2.37. The molecule has 0 aliphatic heterocycles. The lowest BCUT2D eigenvalue weighted by atomic mass is 9.82. The van der Waals surface area contributed by atoms with Gasteiger partial charge in [-0.2, -0.15) is 0 Å². The number of nitrogens with one attached hydrogen (secondary N) is 1. The Morgan fingerprint density at radius 1 is 1.22 bits per heavy atom. The summed E-state index contributed by atoms with van der Waals surface area (Å²) in [6, 6.07) is 8.78. The molecule has 0 saturated carbocycles. The van der Waals surface area contributed by atoms with Gasteiger partial charge in [0.1, 0.15) is 0 Å². The third-order valence-corrected chi connectivity index (χ3v) is 3.78. The molecule has 0 aromatic heterocycles. The molecule has 1 aliphatic rings. The SMILES string of the molecule is CCC/C=C1\C(=C/NC)C(C)(C)c2ccccc21. The lowest BCUT2D eigenvalue weighted by Crippen LogP contribution is -2.17. The highest BCUT2D eigenvalue weighted by atomic mass is 14.8. The third-order valence-electron chi connectivity index (χ3n) is 3.78. The van der Waals surface area contributed by atoms with E-state index in [9.17, 15) is 0 Å². The van der Waals surface area contributed by atoms with Gasteiger partial charge in [0.15, 0.2) is 0 Å². The van der Waals surface area contributed by atoms with Crippen molar-refractivity contribution >= 4 is 5.57 Å². The Morgan fingerprint density at radius 2 is 1.94 bits per heavy atom. The van der Waals surface area contributed by atoms with Crippen molar-refractivity contribution in [3.05, 3.63) is 53.2 Å². The standard InChI is InChI=1S/C17H23N/c1-5-6-9-14-13-10-7-8-11-15(13)17(2,3)16(14)12-18-4/h7-12,18H,5-6H2,1-4H3/b14-9-,16-12+. The van der Waals surface area contributed by atoms with Gasteiger partial charge in [0, 0.05) is 18.7 Å². The fourth-order valence-corrected chi connectivity index (χ4v) is 2.80. The Kier molecular flexibility index (Phi) is 3.60. The summed E-state index contributed by atoms with van der Waals surface area (Å²) < 4.78 is 0. The summed E-state index contributed by atoms with van der Waals surface area (Å²) in [5.41, 5.74) is 5.75. The zero-order valence-corrected chi connectivity index (χ0v) is 11.9. The summed E-state index contributed by atoms with van der Waals surface area (Å²) in [4.78, 5) is 0. The minimum absolute atomic E-state index is 0.0964. The van der Waals surface area contributed by atoms with Crippen molar-refractivity contribution in [1.29, 1.82) is 0 Å². The van der Waals surface area contributed by atoms with Gasteiger partial charge in [0.2, 0.25) is 0 Å². The van der Waals surface area contributed by atoms with Crippen LogP contribution in [-0.4, -0.2) is 7.05 Å². The second-order valence-corrected chi connectivity index (χ2v) is 5.42. The maximum absolute atomic E-state index is 3.20. The van der Waals surface area contributed by atoms with Gasteiger partial charge in [0.05, 0.1) is 0 Å². The van der Waals surface area contributed by atoms with Crippen molar-refractivity contribution in [3.63, 3.8) is 0 Å². The van der Waals surface area contributed by atoms with E-state index in [2.05, 4.69) is 62.6 Å². The van der Waals surface area contributed by atoms with E-state index >= 15 is 0 Å². The molecule has 0 radical (unpaired) electrons. The van der Waals surface area contributed by atoms with Gasteiger partial charge in [-0.3, -0.25) is 0 Å². The molecule has 1 heteroatoms. The van der Waals surface area contributed by atoms with Gasteiger partial charge < -0.3 is 5.32 Å². The molecule has 0 saturated heterocycles. The Morgan fingerprint density at radius 3 is 2.61 bits per heavy atom. The fourth-order valence-electron chi connectivity index (χ4n) is 2.80. The van der Waals surface area contributed by atoms with E-state index in [1.54, 1.807) is 0 Å². The first kappa shape index (κ1) is 12.9. The molecule has 1 aliphatic carbocycles. The minimum Gasteiger partial charge on any atom is -0.394 e. The molecule has 0 spiro atoms. The van der Waals surface area contributed by atoms with Crippen molar-refractivity contribution in [2.24, 2.45) is 0 Å². The molecule has 96 valence electrons. The van der Waals surface area contributed by atoms with Crippen LogP contribution < -0.4 is 5.32 Å². The Labute approximate surface area is 111 Å². The lowest BCUT2D eigenvalue weighted by molar-refractivity contribution is 0.655. The lowest BCUT2D eigenvalue weighted by Gasteiger charge is -2.21. The van der Waals surface area contributed by atoms with Crippen molar-refractivity contribution in [2.45, 2.75) is 39.0 Å². The number of benzene rings is 1. The first-order valence-corrected chi connectivity index (χ1v) is 6.81. The highest BCUT2D eigenvalue weighted by molar-refractivity contribution is 5.89. The van der Waals surface area contributed by atoms with Gasteiger partial charge in [-0.05, 0) is 28.7 Å². The van der Waals surface area contributed by atoms with Gasteiger partial charge in [-0.25, -0.2) is 0 Å². The minimum atomic E-state index is 0.0964. The number of fused-ring (bicyclic) bond motifs is 1. The maximum Gasteiger partial charge on any atom is 0.0172 e. The van der Waals surface area contributed by atoms with E-state index < -0.39 is 0 Å². The van der Waals surface area contributed by atoms with E-state index in [4.69, 9.17) is 0 Å². The number of rotatable bonds is 3. The van der Waals surface area contributed by atoms with E-state index in [0.717, 1.165) is 6.42 Å². The Bertz CT molecular complexity index is 492. The molecule has 1 aromatic rings.